The van der Waals surface area contributed by atoms with Crippen LogP contribution in [0.5, 0.6) is 0 Å². The van der Waals surface area contributed by atoms with E-state index < -0.39 is 5.54 Å². The molecule has 1 aromatic heterocycles. The normalized spacial score (nSPS) is 20.6. The maximum Gasteiger partial charge on any atom is 0.246 e. The number of likely N-dealkylation sites (N-methyl/N-ethyl adjacent to an activating group) is 1. The summed E-state index contributed by atoms with van der Waals surface area (Å²) in [5.41, 5.74) is 1.73. The Bertz CT molecular complexity index is 757. The minimum absolute atomic E-state index is 0.0991. The van der Waals surface area contributed by atoms with Crippen LogP contribution < -0.4 is 10.6 Å². The number of hydrogen-bond acceptors (Lipinski definition) is 5. The number of hydrogen-bond donors (Lipinski definition) is 2. The summed E-state index contributed by atoms with van der Waals surface area (Å²) >= 11 is 0. The number of carbonyl (C=O) groups excluding carboxylic acids is 1. The lowest BCUT2D eigenvalue weighted by Gasteiger charge is -2.30. The number of nitrogens with zero attached hydrogens (tertiary/aromatic N) is 2. The second-order valence-corrected chi connectivity index (χ2v) is 6.56. The van der Waals surface area contributed by atoms with Crippen molar-refractivity contribution in [2.24, 2.45) is 0 Å². The molecule has 0 radical (unpaired) electrons. The molecule has 1 aliphatic heterocycles. The lowest BCUT2D eigenvalue weighted by atomic mass is 9.96. The van der Waals surface area contributed by atoms with Crippen LogP contribution in [0.25, 0.3) is 0 Å². The summed E-state index contributed by atoms with van der Waals surface area (Å²) in [6, 6.07) is 6.19. The Morgan fingerprint density at radius 1 is 1.44 bits per heavy atom. The molecule has 2 aromatic rings. The maximum absolute atomic E-state index is 13.5. The van der Waals surface area contributed by atoms with Gasteiger partial charge in [-0.2, -0.15) is 0 Å². The molecule has 1 unspecified atom stereocenters. The van der Waals surface area contributed by atoms with Crippen LogP contribution in [0.1, 0.15) is 23.4 Å². The van der Waals surface area contributed by atoms with E-state index in [1.54, 1.807) is 19.2 Å². The molecule has 1 fully saturated rings. The first-order valence-corrected chi connectivity index (χ1v) is 8.33. The summed E-state index contributed by atoms with van der Waals surface area (Å²) in [5, 5.41) is 9.97. The lowest BCUT2D eigenvalue weighted by Crippen LogP contribution is -2.53. The first kappa shape index (κ1) is 17.4. The summed E-state index contributed by atoms with van der Waals surface area (Å²) in [6.07, 6.45) is 0.632. The van der Waals surface area contributed by atoms with Crippen molar-refractivity contribution in [3.8, 4) is 0 Å². The summed E-state index contributed by atoms with van der Waals surface area (Å²) in [5.74, 6) is 0.369. The molecule has 7 heteroatoms. The molecule has 1 saturated heterocycles. The molecule has 1 aliphatic rings. The van der Waals surface area contributed by atoms with Crippen molar-refractivity contribution in [2.75, 3.05) is 25.5 Å². The molecular weight excluding hydrogens is 323 g/mol. The summed E-state index contributed by atoms with van der Waals surface area (Å²) in [7, 11) is 1.62. The number of anilines is 1. The Balaban J connectivity index is 1.79. The molecule has 2 N–H and O–H groups in total. The second kappa shape index (κ2) is 6.84. The van der Waals surface area contributed by atoms with Gasteiger partial charge in [0.25, 0.3) is 0 Å². The van der Waals surface area contributed by atoms with E-state index >= 15 is 0 Å². The first-order chi connectivity index (χ1) is 11.9. The van der Waals surface area contributed by atoms with Crippen LogP contribution in [-0.4, -0.2) is 41.6 Å². The van der Waals surface area contributed by atoms with Crippen LogP contribution in [0.2, 0.25) is 0 Å². The van der Waals surface area contributed by atoms with Crippen molar-refractivity contribution in [2.45, 2.75) is 32.4 Å². The maximum atomic E-state index is 13.5. The Kier molecular flexibility index (Phi) is 4.76. The van der Waals surface area contributed by atoms with Gasteiger partial charge in [-0.1, -0.05) is 11.2 Å². The zero-order chi connectivity index (χ0) is 18.0. The molecule has 0 aliphatic carbocycles. The molecule has 0 spiro atoms. The number of nitrogens with one attached hydrogen (secondary N) is 2. The van der Waals surface area contributed by atoms with Crippen LogP contribution >= 0.6 is 0 Å². The summed E-state index contributed by atoms with van der Waals surface area (Å²) in [4.78, 5) is 14.8. The van der Waals surface area contributed by atoms with Gasteiger partial charge in [0.15, 0.2) is 0 Å². The van der Waals surface area contributed by atoms with Crippen molar-refractivity contribution in [1.29, 1.82) is 0 Å². The van der Waals surface area contributed by atoms with E-state index in [2.05, 4.69) is 20.7 Å². The van der Waals surface area contributed by atoms with Gasteiger partial charge in [0.1, 0.15) is 17.1 Å². The minimum atomic E-state index is -0.790. The largest absolute Gasteiger partial charge is 0.370 e. The molecule has 0 saturated carbocycles. The molecular formula is C18H23FN4O2. The molecule has 0 bridgehead atoms. The van der Waals surface area contributed by atoms with E-state index in [4.69, 9.17) is 4.52 Å². The Labute approximate surface area is 146 Å². The molecule has 6 nitrogen and oxygen atoms in total. The standard InChI is InChI=1S/C18H23FN4O2/c1-12-16(13(2)25-22-12)10-23-8-7-18(11-23,17(24)20-3)21-15-6-4-5-14(19)9-15/h4-6,9,21H,7-8,10-11H2,1-3H3,(H,20,24). The number of halogens is 1. The van der Waals surface area contributed by atoms with Crippen LogP contribution in [0.15, 0.2) is 28.8 Å². The van der Waals surface area contributed by atoms with E-state index in [1.165, 1.54) is 12.1 Å². The van der Waals surface area contributed by atoms with Crippen molar-refractivity contribution in [3.05, 3.63) is 47.1 Å². The highest BCUT2D eigenvalue weighted by Crippen LogP contribution is 2.29. The third-order valence-electron chi connectivity index (χ3n) is 4.78. The minimum Gasteiger partial charge on any atom is -0.370 e. The molecule has 3 rings (SSSR count). The van der Waals surface area contributed by atoms with E-state index in [0.29, 0.717) is 25.2 Å². The second-order valence-electron chi connectivity index (χ2n) is 6.56. The van der Waals surface area contributed by atoms with E-state index in [9.17, 15) is 9.18 Å². The van der Waals surface area contributed by atoms with Crippen molar-refractivity contribution in [1.82, 2.24) is 15.4 Å². The molecule has 134 valence electrons. The molecule has 1 atom stereocenters. The smallest absolute Gasteiger partial charge is 0.246 e. The number of rotatable bonds is 5. The highest BCUT2D eigenvalue weighted by atomic mass is 19.1. The van der Waals surface area contributed by atoms with Crippen LogP contribution in [0.3, 0.4) is 0 Å². The number of aryl methyl sites for hydroxylation is 2. The number of benzene rings is 1. The molecule has 2 heterocycles. The van der Waals surface area contributed by atoms with Gasteiger partial charge < -0.3 is 15.2 Å². The van der Waals surface area contributed by atoms with Gasteiger partial charge in [-0.25, -0.2) is 4.39 Å². The lowest BCUT2D eigenvalue weighted by molar-refractivity contribution is -0.124. The summed E-state index contributed by atoms with van der Waals surface area (Å²) in [6.45, 7) is 5.75. The SMILES string of the molecule is CNC(=O)C1(Nc2cccc(F)c2)CCN(Cc2c(C)noc2C)C1. The highest BCUT2D eigenvalue weighted by Gasteiger charge is 2.44. The van der Waals surface area contributed by atoms with Crippen LogP contribution in [-0.2, 0) is 11.3 Å². The zero-order valence-electron chi connectivity index (χ0n) is 14.7. The van der Waals surface area contributed by atoms with Crippen molar-refractivity contribution in [3.63, 3.8) is 0 Å². The monoisotopic (exact) mass is 346 g/mol. The molecule has 1 aromatic carbocycles. The van der Waals surface area contributed by atoms with Gasteiger partial charge >= 0.3 is 0 Å². The van der Waals surface area contributed by atoms with E-state index in [0.717, 1.165) is 23.6 Å². The van der Waals surface area contributed by atoms with Gasteiger partial charge in [-0.05, 0) is 38.5 Å². The van der Waals surface area contributed by atoms with Gasteiger partial charge in [-0.3, -0.25) is 9.69 Å². The predicted molar refractivity (Wildman–Crippen MR) is 92.7 cm³/mol. The number of likely N-dealkylation sites (tertiary alicyclic amines) is 1. The fourth-order valence-electron chi connectivity index (χ4n) is 3.40. The zero-order valence-corrected chi connectivity index (χ0v) is 14.7. The van der Waals surface area contributed by atoms with Gasteiger partial charge in [-0.15, -0.1) is 0 Å². The molecule has 1 amide bonds. The number of amides is 1. The Morgan fingerprint density at radius 2 is 2.24 bits per heavy atom. The fourth-order valence-corrected chi connectivity index (χ4v) is 3.40. The average Bonchev–Trinajstić information content (AvgIpc) is 3.13. The fraction of sp³-hybridized carbons (Fsp3) is 0.444. The van der Waals surface area contributed by atoms with Gasteiger partial charge in [0.05, 0.1) is 5.69 Å². The van der Waals surface area contributed by atoms with E-state index in [1.807, 2.05) is 13.8 Å². The van der Waals surface area contributed by atoms with Crippen molar-refractivity contribution < 1.29 is 13.7 Å². The number of carbonyl (C=O) groups is 1. The van der Waals surface area contributed by atoms with Crippen molar-refractivity contribution >= 4 is 11.6 Å². The molecule has 25 heavy (non-hydrogen) atoms. The van der Waals surface area contributed by atoms with Gasteiger partial charge in [0.2, 0.25) is 5.91 Å². The quantitative estimate of drug-likeness (QED) is 0.869. The topological polar surface area (TPSA) is 70.4 Å². The highest BCUT2D eigenvalue weighted by molar-refractivity contribution is 5.90. The summed E-state index contributed by atoms with van der Waals surface area (Å²) < 4.78 is 18.7. The average molecular weight is 346 g/mol. The van der Waals surface area contributed by atoms with E-state index in [-0.39, 0.29) is 11.7 Å². The number of aromatic nitrogens is 1. The third-order valence-corrected chi connectivity index (χ3v) is 4.78. The Morgan fingerprint density at radius 3 is 2.88 bits per heavy atom. The van der Waals surface area contributed by atoms with Gasteiger partial charge in [0, 0.05) is 37.9 Å². The third kappa shape index (κ3) is 3.51. The first-order valence-electron chi connectivity index (χ1n) is 8.33. The van der Waals surface area contributed by atoms with Crippen LogP contribution in [0, 0.1) is 19.7 Å². The van der Waals surface area contributed by atoms with Crippen LogP contribution in [0.4, 0.5) is 10.1 Å². The Hall–Kier alpha value is -2.41. The predicted octanol–water partition coefficient (Wildman–Crippen LogP) is 2.23.